The van der Waals surface area contributed by atoms with Crippen molar-refractivity contribution in [1.82, 2.24) is 14.7 Å². The molecule has 0 aromatic carbocycles. The Morgan fingerprint density at radius 2 is 2.00 bits per heavy atom. The van der Waals surface area contributed by atoms with Crippen LogP contribution in [0.4, 0.5) is 0 Å². The third-order valence-electron chi connectivity index (χ3n) is 3.49. The first-order valence-corrected chi connectivity index (χ1v) is 7.70. The van der Waals surface area contributed by atoms with Crippen LogP contribution in [0.25, 0.3) is 0 Å². The van der Waals surface area contributed by atoms with Crippen molar-refractivity contribution < 1.29 is 5.11 Å². The van der Waals surface area contributed by atoms with Crippen LogP contribution >= 0.6 is 11.3 Å². The highest BCUT2D eigenvalue weighted by Crippen LogP contribution is 2.19. The predicted octanol–water partition coefficient (Wildman–Crippen LogP) is 2.49. The van der Waals surface area contributed by atoms with Crippen molar-refractivity contribution in [2.45, 2.75) is 40.4 Å². The lowest BCUT2D eigenvalue weighted by atomic mass is 10.2. The van der Waals surface area contributed by atoms with Crippen molar-refractivity contribution in [3.63, 3.8) is 0 Å². The summed E-state index contributed by atoms with van der Waals surface area (Å²) >= 11 is 1.85. The predicted molar refractivity (Wildman–Crippen MR) is 83.0 cm³/mol. The molecule has 20 heavy (non-hydrogen) atoms. The number of thiophene rings is 1. The van der Waals surface area contributed by atoms with Gasteiger partial charge in [-0.05, 0) is 40.0 Å². The number of aryl methyl sites for hydroxylation is 2. The van der Waals surface area contributed by atoms with Crippen LogP contribution < -0.4 is 0 Å². The van der Waals surface area contributed by atoms with E-state index >= 15 is 0 Å². The zero-order chi connectivity index (χ0) is 14.7. The van der Waals surface area contributed by atoms with Gasteiger partial charge >= 0.3 is 0 Å². The molecule has 2 rings (SSSR count). The molecule has 0 saturated carbocycles. The Kier molecular flexibility index (Phi) is 4.96. The SMILES string of the molecule is Cc1ccc(CN(C)Cc2c(C)nn(CCO)c2C)s1. The summed E-state index contributed by atoms with van der Waals surface area (Å²) in [6.07, 6.45) is 0. The van der Waals surface area contributed by atoms with E-state index in [2.05, 4.69) is 43.0 Å². The molecular formula is C15H23N3OS. The molecule has 0 aliphatic carbocycles. The second-order valence-corrected chi connectivity index (χ2v) is 6.65. The van der Waals surface area contributed by atoms with Gasteiger partial charge in [0.1, 0.15) is 0 Å². The molecule has 2 aromatic heterocycles. The Morgan fingerprint density at radius 1 is 1.25 bits per heavy atom. The van der Waals surface area contributed by atoms with E-state index in [0.29, 0.717) is 6.54 Å². The van der Waals surface area contributed by atoms with E-state index in [-0.39, 0.29) is 6.61 Å². The highest BCUT2D eigenvalue weighted by Gasteiger charge is 2.13. The van der Waals surface area contributed by atoms with Crippen LogP contribution in [0.2, 0.25) is 0 Å². The highest BCUT2D eigenvalue weighted by molar-refractivity contribution is 7.11. The molecule has 0 radical (unpaired) electrons. The summed E-state index contributed by atoms with van der Waals surface area (Å²) in [6, 6.07) is 4.37. The van der Waals surface area contributed by atoms with Gasteiger partial charge in [0, 0.05) is 34.1 Å². The van der Waals surface area contributed by atoms with Gasteiger partial charge in [-0.25, -0.2) is 0 Å². The Morgan fingerprint density at radius 3 is 2.60 bits per heavy atom. The maximum Gasteiger partial charge on any atom is 0.0644 e. The van der Waals surface area contributed by atoms with E-state index in [4.69, 9.17) is 5.11 Å². The second kappa shape index (κ2) is 6.52. The standard InChI is InChI=1S/C15H23N3OS/c1-11-5-6-14(20-11)9-17(4)10-15-12(2)16-18(7-8-19)13(15)3/h5-6,19H,7-10H2,1-4H3. The minimum atomic E-state index is 0.131. The monoisotopic (exact) mass is 293 g/mol. The lowest BCUT2D eigenvalue weighted by molar-refractivity contribution is 0.267. The van der Waals surface area contributed by atoms with E-state index in [1.54, 1.807) is 0 Å². The largest absolute Gasteiger partial charge is 0.394 e. The molecule has 2 heterocycles. The average Bonchev–Trinajstić information content (AvgIpc) is 2.89. The van der Waals surface area contributed by atoms with E-state index < -0.39 is 0 Å². The van der Waals surface area contributed by atoms with Crippen LogP contribution in [0.3, 0.4) is 0 Å². The summed E-state index contributed by atoms with van der Waals surface area (Å²) in [4.78, 5) is 5.06. The van der Waals surface area contributed by atoms with Crippen LogP contribution in [-0.4, -0.2) is 33.4 Å². The average molecular weight is 293 g/mol. The maximum atomic E-state index is 9.05. The molecule has 5 heteroatoms. The summed E-state index contributed by atoms with van der Waals surface area (Å²) in [6.45, 7) is 8.81. The van der Waals surface area contributed by atoms with Gasteiger partial charge in [-0.1, -0.05) is 0 Å². The number of hydrogen-bond donors (Lipinski definition) is 1. The Bertz CT molecular complexity index is 574. The zero-order valence-electron chi connectivity index (χ0n) is 12.7. The topological polar surface area (TPSA) is 41.3 Å². The first-order chi connectivity index (χ1) is 9.51. The van der Waals surface area contributed by atoms with Crippen molar-refractivity contribution in [3.05, 3.63) is 38.8 Å². The molecule has 0 spiro atoms. The number of hydrogen-bond acceptors (Lipinski definition) is 4. The van der Waals surface area contributed by atoms with Crippen LogP contribution in [-0.2, 0) is 19.6 Å². The van der Waals surface area contributed by atoms with Crippen molar-refractivity contribution in [3.8, 4) is 0 Å². The van der Waals surface area contributed by atoms with Gasteiger partial charge in [-0.3, -0.25) is 9.58 Å². The van der Waals surface area contributed by atoms with Crippen molar-refractivity contribution in [1.29, 1.82) is 0 Å². The van der Waals surface area contributed by atoms with Crippen molar-refractivity contribution in [2.75, 3.05) is 13.7 Å². The van der Waals surface area contributed by atoms with Crippen LogP contribution in [0, 0.1) is 20.8 Å². The van der Waals surface area contributed by atoms with Gasteiger partial charge in [0.25, 0.3) is 0 Å². The van der Waals surface area contributed by atoms with Gasteiger partial charge in [-0.15, -0.1) is 11.3 Å². The zero-order valence-corrected chi connectivity index (χ0v) is 13.5. The minimum absolute atomic E-state index is 0.131. The van der Waals surface area contributed by atoms with Crippen molar-refractivity contribution in [2.24, 2.45) is 0 Å². The number of rotatable bonds is 6. The molecule has 4 nitrogen and oxygen atoms in total. The third-order valence-corrected chi connectivity index (χ3v) is 4.48. The van der Waals surface area contributed by atoms with Gasteiger partial charge in [0.2, 0.25) is 0 Å². The van der Waals surface area contributed by atoms with Gasteiger partial charge in [0.15, 0.2) is 0 Å². The maximum absolute atomic E-state index is 9.05. The number of aliphatic hydroxyl groups excluding tert-OH is 1. The molecule has 110 valence electrons. The Hall–Kier alpha value is -1.17. The molecule has 0 fully saturated rings. The fourth-order valence-corrected chi connectivity index (χ4v) is 3.41. The molecule has 0 aliphatic rings. The quantitative estimate of drug-likeness (QED) is 0.889. The first kappa shape index (κ1) is 15.2. The molecule has 0 aliphatic heterocycles. The van der Waals surface area contributed by atoms with E-state index in [1.807, 2.05) is 22.9 Å². The smallest absolute Gasteiger partial charge is 0.0644 e. The fourth-order valence-electron chi connectivity index (χ4n) is 2.44. The summed E-state index contributed by atoms with van der Waals surface area (Å²) < 4.78 is 1.90. The fraction of sp³-hybridized carbons (Fsp3) is 0.533. The third kappa shape index (κ3) is 3.48. The molecule has 2 aromatic rings. The molecule has 1 N–H and O–H groups in total. The highest BCUT2D eigenvalue weighted by atomic mass is 32.1. The molecule has 0 bridgehead atoms. The van der Waals surface area contributed by atoms with Gasteiger partial charge < -0.3 is 5.11 Å². The number of nitrogens with zero attached hydrogens (tertiary/aromatic N) is 3. The lowest BCUT2D eigenvalue weighted by Gasteiger charge is -2.16. The van der Waals surface area contributed by atoms with E-state index in [0.717, 1.165) is 24.5 Å². The number of aliphatic hydroxyl groups is 1. The number of aromatic nitrogens is 2. The summed E-state index contributed by atoms with van der Waals surface area (Å²) in [7, 11) is 2.14. The summed E-state index contributed by atoms with van der Waals surface area (Å²) in [5.74, 6) is 0. The molecular weight excluding hydrogens is 270 g/mol. The van der Waals surface area contributed by atoms with Crippen molar-refractivity contribution >= 4 is 11.3 Å². The first-order valence-electron chi connectivity index (χ1n) is 6.89. The normalized spacial score (nSPS) is 11.5. The molecule has 0 atom stereocenters. The Balaban J connectivity index is 2.05. The molecule has 0 amide bonds. The summed E-state index contributed by atoms with van der Waals surface area (Å²) in [5.41, 5.74) is 3.49. The van der Waals surface area contributed by atoms with Gasteiger partial charge in [-0.2, -0.15) is 5.10 Å². The second-order valence-electron chi connectivity index (χ2n) is 5.28. The summed E-state index contributed by atoms with van der Waals surface area (Å²) in [5, 5.41) is 13.6. The van der Waals surface area contributed by atoms with Crippen LogP contribution in [0.1, 0.15) is 26.7 Å². The van der Waals surface area contributed by atoms with E-state index in [1.165, 1.54) is 15.3 Å². The molecule has 0 unspecified atom stereocenters. The van der Waals surface area contributed by atoms with E-state index in [9.17, 15) is 0 Å². The molecule has 0 saturated heterocycles. The van der Waals surface area contributed by atoms with Crippen LogP contribution in [0.15, 0.2) is 12.1 Å². The van der Waals surface area contributed by atoms with Gasteiger partial charge in [0.05, 0.1) is 18.8 Å². The lowest BCUT2D eigenvalue weighted by Crippen LogP contribution is -2.17. The Labute approximate surface area is 124 Å². The van der Waals surface area contributed by atoms with Crippen LogP contribution in [0.5, 0.6) is 0 Å². The minimum Gasteiger partial charge on any atom is -0.394 e.